The van der Waals surface area contributed by atoms with Gasteiger partial charge in [0.05, 0.1) is 20.4 Å². The van der Waals surface area contributed by atoms with Crippen LogP contribution in [-0.2, 0) is 0 Å². The van der Waals surface area contributed by atoms with Gasteiger partial charge in [0.25, 0.3) is 5.91 Å². The van der Waals surface area contributed by atoms with Crippen LogP contribution in [-0.4, -0.2) is 50.3 Å². The van der Waals surface area contributed by atoms with Gasteiger partial charge in [-0.05, 0) is 37.0 Å². The van der Waals surface area contributed by atoms with E-state index in [-0.39, 0.29) is 11.9 Å². The number of piperidine rings is 1. The van der Waals surface area contributed by atoms with Gasteiger partial charge in [-0.3, -0.25) is 9.69 Å². The van der Waals surface area contributed by atoms with Crippen LogP contribution in [0.1, 0.15) is 41.2 Å². The van der Waals surface area contributed by atoms with Crippen LogP contribution in [0, 0.1) is 0 Å². The molecular formula is C23H30N4O3. The van der Waals surface area contributed by atoms with Crippen LogP contribution in [0.2, 0.25) is 0 Å². The van der Waals surface area contributed by atoms with Gasteiger partial charge in [-0.2, -0.15) is 0 Å². The van der Waals surface area contributed by atoms with Crippen molar-refractivity contribution in [3.63, 3.8) is 0 Å². The van der Waals surface area contributed by atoms with Crippen molar-refractivity contribution < 1.29 is 14.3 Å². The molecule has 30 heavy (non-hydrogen) atoms. The highest BCUT2D eigenvalue weighted by molar-refractivity contribution is 5.95. The minimum absolute atomic E-state index is 0.0875. The van der Waals surface area contributed by atoms with Gasteiger partial charge in [-0.15, -0.1) is 0 Å². The number of carbonyl (C=O) groups is 1. The standard InChI is InChI=1S/C23H30N4O3/c1-29-19-12-17(13-20(14-19)30-2)23(28)24-18-8-10-27(11-9-18)22-15-21(25-26-22)16-6-4-3-5-7-16/h3-7,12-14,18,21-22,25-26H,8-11,15H2,1-2H3,(H,24,28). The van der Waals surface area contributed by atoms with E-state index < -0.39 is 0 Å². The Hall–Kier alpha value is -2.61. The maximum absolute atomic E-state index is 12.7. The molecule has 2 fully saturated rings. The lowest BCUT2D eigenvalue weighted by Crippen LogP contribution is -2.51. The summed E-state index contributed by atoms with van der Waals surface area (Å²) in [5, 5.41) is 3.17. The molecule has 1 amide bonds. The molecule has 0 radical (unpaired) electrons. The van der Waals surface area contributed by atoms with Gasteiger partial charge in [0.1, 0.15) is 11.5 Å². The lowest BCUT2D eigenvalue weighted by molar-refractivity contribution is 0.0879. The Bertz CT molecular complexity index is 831. The molecule has 2 unspecified atom stereocenters. The smallest absolute Gasteiger partial charge is 0.251 e. The number of nitrogens with zero attached hydrogens (tertiary/aromatic N) is 1. The van der Waals surface area contributed by atoms with Crippen LogP contribution < -0.4 is 25.6 Å². The SMILES string of the molecule is COc1cc(OC)cc(C(=O)NC2CCN(C3CC(c4ccccc4)NN3)CC2)c1. The molecule has 0 spiro atoms. The van der Waals surface area contributed by atoms with Gasteiger partial charge in [-0.1, -0.05) is 30.3 Å². The Kier molecular flexibility index (Phi) is 6.52. The third-order valence-corrected chi connectivity index (χ3v) is 6.00. The number of benzene rings is 2. The number of likely N-dealkylation sites (tertiary alicyclic amines) is 1. The zero-order chi connectivity index (χ0) is 20.9. The van der Waals surface area contributed by atoms with E-state index in [0.29, 0.717) is 29.3 Å². The Morgan fingerprint density at radius 2 is 1.67 bits per heavy atom. The van der Waals surface area contributed by atoms with Gasteiger partial charge in [0.15, 0.2) is 0 Å². The first kappa shape index (κ1) is 20.7. The van der Waals surface area contributed by atoms with Crippen molar-refractivity contribution in [3.05, 3.63) is 59.7 Å². The van der Waals surface area contributed by atoms with E-state index in [1.54, 1.807) is 32.4 Å². The number of rotatable bonds is 6. The van der Waals surface area contributed by atoms with Crippen LogP contribution in [0.3, 0.4) is 0 Å². The van der Waals surface area contributed by atoms with E-state index in [1.807, 2.05) is 6.07 Å². The second kappa shape index (κ2) is 9.47. The second-order valence-electron chi connectivity index (χ2n) is 7.89. The number of methoxy groups -OCH3 is 2. The average molecular weight is 411 g/mol. The van der Waals surface area contributed by atoms with E-state index in [2.05, 4.69) is 45.3 Å². The van der Waals surface area contributed by atoms with Gasteiger partial charge in [-0.25, -0.2) is 10.9 Å². The summed E-state index contributed by atoms with van der Waals surface area (Å²) in [6.07, 6.45) is 3.21. The highest BCUT2D eigenvalue weighted by Gasteiger charge is 2.32. The average Bonchev–Trinajstić information content (AvgIpc) is 3.30. The van der Waals surface area contributed by atoms with E-state index in [0.717, 1.165) is 32.4 Å². The number of hydrazine groups is 1. The fourth-order valence-electron chi connectivity index (χ4n) is 4.25. The molecule has 3 N–H and O–H groups in total. The van der Waals surface area contributed by atoms with Crippen molar-refractivity contribution in [2.24, 2.45) is 0 Å². The third kappa shape index (κ3) is 4.75. The summed E-state index contributed by atoms with van der Waals surface area (Å²) < 4.78 is 10.5. The number of hydrogen-bond donors (Lipinski definition) is 3. The van der Waals surface area contributed by atoms with Gasteiger partial charge < -0.3 is 14.8 Å². The maximum atomic E-state index is 12.7. The number of nitrogens with one attached hydrogen (secondary N) is 3. The molecular weight excluding hydrogens is 380 g/mol. The van der Waals surface area contributed by atoms with E-state index in [9.17, 15) is 4.79 Å². The fourth-order valence-corrected chi connectivity index (χ4v) is 4.25. The molecule has 2 saturated heterocycles. The summed E-state index contributed by atoms with van der Waals surface area (Å²) in [7, 11) is 3.17. The Balaban J connectivity index is 1.28. The van der Waals surface area contributed by atoms with Crippen LogP contribution in [0.25, 0.3) is 0 Å². The second-order valence-corrected chi connectivity index (χ2v) is 7.89. The molecule has 0 saturated carbocycles. The molecule has 0 aliphatic carbocycles. The molecule has 2 aromatic rings. The van der Waals surface area contributed by atoms with Crippen LogP contribution >= 0.6 is 0 Å². The van der Waals surface area contributed by atoms with E-state index in [4.69, 9.17) is 9.47 Å². The molecule has 0 aromatic heterocycles. The molecule has 7 nitrogen and oxygen atoms in total. The zero-order valence-electron chi connectivity index (χ0n) is 17.6. The van der Waals surface area contributed by atoms with Crippen molar-refractivity contribution in [2.45, 2.75) is 37.5 Å². The molecule has 2 aromatic carbocycles. The molecule has 2 atom stereocenters. The third-order valence-electron chi connectivity index (χ3n) is 6.00. The summed E-state index contributed by atoms with van der Waals surface area (Å²) in [5.74, 6) is 1.14. The predicted octanol–water partition coefficient (Wildman–Crippen LogP) is 2.46. The number of carbonyl (C=O) groups excluding carboxylic acids is 1. The van der Waals surface area contributed by atoms with Crippen molar-refractivity contribution in [2.75, 3.05) is 27.3 Å². The van der Waals surface area contributed by atoms with E-state index >= 15 is 0 Å². The Morgan fingerprint density at radius 3 is 2.30 bits per heavy atom. The van der Waals surface area contributed by atoms with E-state index in [1.165, 1.54) is 5.56 Å². The molecule has 2 heterocycles. The summed E-state index contributed by atoms with van der Waals surface area (Å²) in [6, 6.07) is 16.3. The van der Waals surface area contributed by atoms with Gasteiger partial charge in [0, 0.05) is 36.8 Å². The Labute approximate surface area is 177 Å². The number of ether oxygens (including phenoxy) is 2. The zero-order valence-corrected chi connectivity index (χ0v) is 17.6. The monoisotopic (exact) mass is 410 g/mol. The summed E-state index contributed by atoms with van der Waals surface area (Å²) in [6.45, 7) is 1.90. The highest BCUT2D eigenvalue weighted by atomic mass is 16.5. The van der Waals surface area contributed by atoms with Crippen molar-refractivity contribution >= 4 is 5.91 Å². The van der Waals surface area contributed by atoms with Crippen molar-refractivity contribution in [3.8, 4) is 11.5 Å². The molecule has 160 valence electrons. The Morgan fingerprint density at radius 1 is 1.00 bits per heavy atom. The van der Waals surface area contributed by atoms with Gasteiger partial charge >= 0.3 is 0 Å². The highest BCUT2D eigenvalue weighted by Crippen LogP contribution is 2.26. The predicted molar refractivity (Wildman–Crippen MR) is 115 cm³/mol. The first-order valence-corrected chi connectivity index (χ1v) is 10.5. The number of hydrogen-bond acceptors (Lipinski definition) is 6. The lowest BCUT2D eigenvalue weighted by Gasteiger charge is -2.35. The summed E-state index contributed by atoms with van der Waals surface area (Å²) in [4.78, 5) is 15.2. The van der Waals surface area contributed by atoms with Crippen LogP contribution in [0.5, 0.6) is 11.5 Å². The normalized spacial score (nSPS) is 22.6. The molecule has 7 heteroatoms. The number of amides is 1. The van der Waals surface area contributed by atoms with Crippen LogP contribution in [0.4, 0.5) is 0 Å². The first-order valence-electron chi connectivity index (χ1n) is 10.5. The minimum Gasteiger partial charge on any atom is -0.497 e. The fraction of sp³-hybridized carbons (Fsp3) is 0.435. The van der Waals surface area contributed by atoms with Crippen molar-refractivity contribution in [1.82, 2.24) is 21.1 Å². The largest absolute Gasteiger partial charge is 0.497 e. The maximum Gasteiger partial charge on any atom is 0.251 e. The first-order chi connectivity index (χ1) is 14.7. The summed E-state index contributed by atoms with van der Waals surface area (Å²) in [5.41, 5.74) is 8.73. The topological polar surface area (TPSA) is 74.9 Å². The minimum atomic E-state index is -0.0875. The van der Waals surface area contributed by atoms with Gasteiger partial charge in [0.2, 0.25) is 0 Å². The molecule has 2 aliphatic rings. The molecule has 0 bridgehead atoms. The van der Waals surface area contributed by atoms with Crippen LogP contribution in [0.15, 0.2) is 48.5 Å². The summed E-state index contributed by atoms with van der Waals surface area (Å²) >= 11 is 0. The lowest BCUT2D eigenvalue weighted by atomic mass is 10.0. The van der Waals surface area contributed by atoms with Crippen molar-refractivity contribution in [1.29, 1.82) is 0 Å². The molecule has 4 rings (SSSR count). The quantitative estimate of drug-likeness (QED) is 0.679. The molecule has 2 aliphatic heterocycles.